The van der Waals surface area contributed by atoms with Gasteiger partial charge in [-0.05, 0) is 31.9 Å². The average molecular weight is 237 g/mol. The minimum absolute atomic E-state index is 0.383. The Morgan fingerprint density at radius 2 is 1.82 bits per heavy atom. The van der Waals surface area contributed by atoms with Gasteiger partial charge in [0.2, 0.25) is 0 Å². The molecular weight excluding hydrogens is 206 g/mol. The highest BCUT2D eigenvalue weighted by molar-refractivity contribution is 5.57. The van der Waals surface area contributed by atoms with Crippen LogP contribution in [-0.2, 0) is 0 Å². The van der Waals surface area contributed by atoms with Gasteiger partial charge in [0.1, 0.15) is 0 Å². The molecule has 0 aliphatic heterocycles. The van der Waals surface area contributed by atoms with Crippen molar-refractivity contribution in [1.82, 2.24) is 0 Å². The molecule has 0 aromatic rings. The fraction of sp³-hybridized carbons (Fsp3) is 0.812. The summed E-state index contributed by atoms with van der Waals surface area (Å²) in [7, 11) is 0. The zero-order valence-electron chi connectivity index (χ0n) is 12.2. The molecule has 0 radical (unpaired) electrons. The molecule has 1 unspecified atom stereocenters. The van der Waals surface area contributed by atoms with Crippen molar-refractivity contribution in [2.45, 2.75) is 84.6 Å². The van der Waals surface area contributed by atoms with Crippen LogP contribution in [0.3, 0.4) is 0 Å². The van der Waals surface area contributed by atoms with Crippen LogP contribution in [0.1, 0.15) is 78.6 Å². The van der Waals surface area contributed by atoms with E-state index in [1.165, 1.54) is 44.1 Å². The molecule has 0 saturated heterocycles. The van der Waals surface area contributed by atoms with Gasteiger partial charge in [0.15, 0.2) is 0 Å². The summed E-state index contributed by atoms with van der Waals surface area (Å²) in [6, 6.07) is 0.383. The molecule has 0 heterocycles. The largest absolute Gasteiger partial charge is 0.290 e. The van der Waals surface area contributed by atoms with Crippen molar-refractivity contribution < 1.29 is 0 Å². The summed E-state index contributed by atoms with van der Waals surface area (Å²) in [5.41, 5.74) is 1.34. The average Bonchev–Trinajstić information content (AvgIpc) is 2.33. The lowest BCUT2D eigenvalue weighted by atomic mass is 9.98. The van der Waals surface area contributed by atoms with E-state index in [0.717, 1.165) is 19.3 Å². The van der Waals surface area contributed by atoms with E-state index in [2.05, 4.69) is 38.6 Å². The lowest BCUT2D eigenvalue weighted by molar-refractivity contribution is 0.610. The van der Waals surface area contributed by atoms with E-state index in [9.17, 15) is 0 Å². The third kappa shape index (κ3) is 9.14. The molecular formula is C16H31N. The van der Waals surface area contributed by atoms with E-state index in [1.54, 1.807) is 0 Å². The summed E-state index contributed by atoms with van der Waals surface area (Å²) in [4.78, 5) is 4.68. The van der Waals surface area contributed by atoms with Crippen molar-refractivity contribution in [1.29, 1.82) is 0 Å². The van der Waals surface area contributed by atoms with Crippen molar-refractivity contribution in [3.8, 4) is 0 Å². The normalized spacial score (nSPS) is 13.1. The summed E-state index contributed by atoms with van der Waals surface area (Å²) >= 11 is 0. The Bertz CT molecular complexity index is 206. The fourth-order valence-corrected chi connectivity index (χ4v) is 1.93. The maximum absolute atomic E-state index is 4.68. The fourth-order valence-electron chi connectivity index (χ4n) is 1.93. The van der Waals surface area contributed by atoms with Crippen molar-refractivity contribution in [3.63, 3.8) is 0 Å². The highest BCUT2D eigenvalue weighted by atomic mass is 14.8. The van der Waals surface area contributed by atoms with Gasteiger partial charge in [-0.1, -0.05) is 65.0 Å². The third-order valence-corrected chi connectivity index (χ3v) is 3.09. The quantitative estimate of drug-likeness (QED) is 0.254. The van der Waals surface area contributed by atoms with Crippen molar-refractivity contribution in [2.24, 2.45) is 4.99 Å². The molecule has 0 fully saturated rings. The molecule has 100 valence electrons. The molecule has 0 N–H and O–H groups in total. The minimum Gasteiger partial charge on any atom is -0.290 e. The Morgan fingerprint density at radius 3 is 2.41 bits per heavy atom. The molecule has 0 aromatic carbocycles. The van der Waals surface area contributed by atoms with Gasteiger partial charge >= 0.3 is 0 Å². The highest BCUT2D eigenvalue weighted by Crippen LogP contribution is 2.18. The zero-order chi connectivity index (χ0) is 12.9. The van der Waals surface area contributed by atoms with Crippen LogP contribution in [0.2, 0.25) is 0 Å². The Hall–Kier alpha value is -0.590. The Kier molecular flexibility index (Phi) is 11.5. The standard InChI is InChI=1S/C16H31N/c1-5-8-10-11-13-15(4)16(12-7-3)17-14-9-6-2/h14,16H,4-13H2,1-3H3. The Labute approximate surface area is 108 Å². The highest BCUT2D eigenvalue weighted by Gasteiger charge is 2.08. The predicted molar refractivity (Wildman–Crippen MR) is 80.0 cm³/mol. The van der Waals surface area contributed by atoms with Gasteiger partial charge in [0, 0.05) is 0 Å². The molecule has 17 heavy (non-hydrogen) atoms. The summed E-state index contributed by atoms with van der Waals surface area (Å²) in [6.07, 6.45) is 13.2. The topological polar surface area (TPSA) is 12.4 Å². The van der Waals surface area contributed by atoms with Gasteiger partial charge in [0.05, 0.1) is 6.04 Å². The van der Waals surface area contributed by atoms with Crippen LogP contribution in [0.5, 0.6) is 0 Å². The molecule has 1 heteroatoms. The van der Waals surface area contributed by atoms with E-state index in [4.69, 9.17) is 0 Å². The molecule has 0 amide bonds. The third-order valence-electron chi connectivity index (χ3n) is 3.09. The number of unbranched alkanes of at least 4 members (excludes halogenated alkanes) is 4. The molecule has 0 saturated carbocycles. The van der Waals surface area contributed by atoms with Crippen molar-refractivity contribution in [2.75, 3.05) is 0 Å². The first-order valence-corrected chi connectivity index (χ1v) is 7.45. The van der Waals surface area contributed by atoms with Gasteiger partial charge in [-0.25, -0.2) is 0 Å². The maximum Gasteiger partial charge on any atom is 0.0702 e. The number of aliphatic imine (C=N–C) groups is 1. The second-order valence-corrected chi connectivity index (χ2v) is 4.89. The Balaban J connectivity index is 3.96. The molecule has 0 aromatic heterocycles. The summed E-state index contributed by atoms with van der Waals surface area (Å²) in [6.45, 7) is 10.9. The van der Waals surface area contributed by atoms with Gasteiger partial charge in [-0.2, -0.15) is 0 Å². The second-order valence-electron chi connectivity index (χ2n) is 4.89. The van der Waals surface area contributed by atoms with Crippen LogP contribution in [0.25, 0.3) is 0 Å². The van der Waals surface area contributed by atoms with Crippen LogP contribution >= 0.6 is 0 Å². The lowest BCUT2D eigenvalue weighted by Crippen LogP contribution is -2.08. The SMILES string of the molecule is C=C(CCCCCC)C(CCC)N=CCCC. The van der Waals surface area contributed by atoms with Crippen molar-refractivity contribution in [3.05, 3.63) is 12.2 Å². The van der Waals surface area contributed by atoms with Gasteiger partial charge in [0.25, 0.3) is 0 Å². The zero-order valence-corrected chi connectivity index (χ0v) is 12.2. The summed E-state index contributed by atoms with van der Waals surface area (Å²) < 4.78 is 0. The van der Waals surface area contributed by atoms with Crippen LogP contribution in [0, 0.1) is 0 Å². The number of hydrogen-bond acceptors (Lipinski definition) is 1. The van der Waals surface area contributed by atoms with Crippen LogP contribution in [-0.4, -0.2) is 12.3 Å². The monoisotopic (exact) mass is 237 g/mol. The number of hydrogen-bond donors (Lipinski definition) is 0. The van der Waals surface area contributed by atoms with Crippen LogP contribution in [0.15, 0.2) is 17.1 Å². The second kappa shape index (κ2) is 11.9. The molecule has 0 aliphatic rings. The van der Waals surface area contributed by atoms with Gasteiger partial charge in [-0.3, -0.25) is 4.99 Å². The van der Waals surface area contributed by atoms with E-state index in [1.807, 2.05) is 0 Å². The molecule has 1 atom stereocenters. The molecule has 0 bridgehead atoms. The van der Waals surface area contributed by atoms with E-state index >= 15 is 0 Å². The van der Waals surface area contributed by atoms with Gasteiger partial charge < -0.3 is 0 Å². The predicted octanol–water partition coefficient (Wildman–Crippen LogP) is 5.55. The molecule has 0 aliphatic carbocycles. The summed E-state index contributed by atoms with van der Waals surface area (Å²) in [5, 5.41) is 0. The first-order chi connectivity index (χ1) is 8.26. The smallest absolute Gasteiger partial charge is 0.0702 e. The number of rotatable bonds is 11. The van der Waals surface area contributed by atoms with E-state index < -0.39 is 0 Å². The number of nitrogens with zero attached hydrogens (tertiary/aromatic N) is 1. The lowest BCUT2D eigenvalue weighted by Gasteiger charge is -2.14. The van der Waals surface area contributed by atoms with E-state index in [-0.39, 0.29) is 0 Å². The molecule has 0 spiro atoms. The molecule has 0 rings (SSSR count). The van der Waals surface area contributed by atoms with Crippen molar-refractivity contribution >= 4 is 6.21 Å². The van der Waals surface area contributed by atoms with Crippen LogP contribution < -0.4 is 0 Å². The van der Waals surface area contributed by atoms with Gasteiger partial charge in [-0.15, -0.1) is 0 Å². The maximum atomic E-state index is 4.68. The first-order valence-electron chi connectivity index (χ1n) is 7.45. The summed E-state index contributed by atoms with van der Waals surface area (Å²) in [5.74, 6) is 0. The first kappa shape index (κ1) is 16.4. The minimum atomic E-state index is 0.383. The Morgan fingerprint density at radius 1 is 1.06 bits per heavy atom. The van der Waals surface area contributed by atoms with E-state index in [0.29, 0.717) is 6.04 Å². The molecule has 1 nitrogen and oxygen atoms in total. The van der Waals surface area contributed by atoms with Crippen LogP contribution in [0.4, 0.5) is 0 Å².